The number of pyridine rings is 1. The summed E-state index contributed by atoms with van der Waals surface area (Å²) >= 11 is 6.01. The molecule has 2 aliphatic carbocycles. The van der Waals surface area contributed by atoms with Gasteiger partial charge in [0.05, 0.1) is 0 Å². The Morgan fingerprint density at radius 2 is 1.97 bits per heavy atom. The zero-order valence-electron chi connectivity index (χ0n) is 15.8. The fourth-order valence-corrected chi connectivity index (χ4v) is 5.31. The van der Waals surface area contributed by atoms with Gasteiger partial charge in [-0.2, -0.15) is 0 Å². The SMILES string of the molecule is NS(=O)(=O)c1cc(C(=O)NC2CC3(C2)CC(c2nc4cc(Cl)ccc4o2)C3)ccn1. The number of carbonyl (C=O) groups is 1. The van der Waals surface area contributed by atoms with Gasteiger partial charge in [0.25, 0.3) is 15.9 Å². The smallest absolute Gasteiger partial charge is 0.255 e. The van der Waals surface area contributed by atoms with Gasteiger partial charge in [-0.15, -0.1) is 0 Å². The Hall–Kier alpha value is -2.49. The van der Waals surface area contributed by atoms with Gasteiger partial charge in [0.2, 0.25) is 0 Å². The van der Waals surface area contributed by atoms with Crippen LogP contribution < -0.4 is 10.5 Å². The van der Waals surface area contributed by atoms with Crippen molar-refractivity contribution < 1.29 is 17.6 Å². The molecule has 0 saturated heterocycles. The van der Waals surface area contributed by atoms with E-state index in [1.54, 1.807) is 12.1 Å². The number of nitrogens with one attached hydrogen (secondary N) is 1. The standard InChI is InChI=1S/C20H19ClN4O4S/c21-13-1-2-16-15(6-13)25-19(29-16)12-7-20(8-12)9-14(10-20)24-18(26)11-3-4-23-17(5-11)30(22,27)28/h1-6,12,14H,7-10H2,(H,24,26)(H2,22,27,28). The van der Waals surface area contributed by atoms with Gasteiger partial charge in [-0.25, -0.2) is 23.5 Å². The minimum absolute atomic E-state index is 0.0620. The number of sulfonamides is 1. The average Bonchev–Trinajstić information content (AvgIpc) is 3.04. The molecule has 1 amide bonds. The first kappa shape index (κ1) is 19.5. The lowest BCUT2D eigenvalue weighted by atomic mass is 9.50. The Morgan fingerprint density at radius 3 is 2.70 bits per heavy atom. The quantitative estimate of drug-likeness (QED) is 0.633. The number of hydrogen-bond donors (Lipinski definition) is 2. The van der Waals surface area contributed by atoms with Crippen LogP contribution >= 0.6 is 11.6 Å². The molecule has 0 radical (unpaired) electrons. The highest BCUT2D eigenvalue weighted by Crippen LogP contribution is 2.61. The molecule has 3 aromatic rings. The van der Waals surface area contributed by atoms with E-state index < -0.39 is 10.0 Å². The number of benzene rings is 1. The van der Waals surface area contributed by atoms with Crippen molar-refractivity contribution in [1.29, 1.82) is 0 Å². The number of fused-ring (bicyclic) bond motifs is 1. The van der Waals surface area contributed by atoms with E-state index in [4.69, 9.17) is 21.2 Å². The van der Waals surface area contributed by atoms with Gasteiger partial charge in [0, 0.05) is 28.7 Å². The fraction of sp³-hybridized carbons (Fsp3) is 0.350. The first-order valence-electron chi connectivity index (χ1n) is 9.57. The predicted octanol–water partition coefficient (Wildman–Crippen LogP) is 2.98. The maximum Gasteiger partial charge on any atom is 0.255 e. The lowest BCUT2D eigenvalue weighted by molar-refractivity contribution is -0.0253. The molecule has 156 valence electrons. The Balaban J connectivity index is 1.18. The third-order valence-electron chi connectivity index (χ3n) is 6.06. The Bertz CT molecular complexity index is 1260. The summed E-state index contributed by atoms with van der Waals surface area (Å²) in [5, 5.41) is 8.35. The second-order valence-corrected chi connectivity index (χ2v) is 10.2. The van der Waals surface area contributed by atoms with E-state index in [-0.39, 0.29) is 33.9 Å². The van der Waals surface area contributed by atoms with Crippen molar-refractivity contribution in [2.75, 3.05) is 0 Å². The third kappa shape index (κ3) is 3.46. The molecule has 2 aliphatic rings. The van der Waals surface area contributed by atoms with Crippen molar-refractivity contribution in [2.24, 2.45) is 10.6 Å². The van der Waals surface area contributed by atoms with Crippen LogP contribution in [0.3, 0.4) is 0 Å². The van der Waals surface area contributed by atoms with E-state index in [0.717, 1.165) is 42.7 Å². The van der Waals surface area contributed by atoms with Gasteiger partial charge < -0.3 is 9.73 Å². The number of rotatable bonds is 4. The number of hydrogen-bond acceptors (Lipinski definition) is 6. The van der Waals surface area contributed by atoms with Crippen LogP contribution in [0, 0.1) is 5.41 Å². The van der Waals surface area contributed by atoms with Gasteiger partial charge in [0.1, 0.15) is 5.52 Å². The molecule has 10 heteroatoms. The molecule has 5 rings (SSSR count). The predicted molar refractivity (Wildman–Crippen MR) is 110 cm³/mol. The molecule has 0 aliphatic heterocycles. The Kier molecular flexibility index (Phi) is 4.39. The van der Waals surface area contributed by atoms with Crippen LogP contribution in [0.15, 0.2) is 46.0 Å². The van der Waals surface area contributed by atoms with Crippen molar-refractivity contribution in [1.82, 2.24) is 15.3 Å². The number of amides is 1. The highest BCUT2D eigenvalue weighted by Gasteiger charge is 2.54. The van der Waals surface area contributed by atoms with Crippen molar-refractivity contribution in [2.45, 2.75) is 42.7 Å². The van der Waals surface area contributed by atoms with Crippen molar-refractivity contribution in [3.05, 3.63) is 53.0 Å². The number of oxazole rings is 1. The fourth-order valence-electron chi connectivity index (χ4n) is 4.65. The van der Waals surface area contributed by atoms with Crippen LogP contribution in [0.2, 0.25) is 5.02 Å². The van der Waals surface area contributed by atoms with Crippen LogP contribution in [0.5, 0.6) is 0 Å². The minimum atomic E-state index is -3.95. The summed E-state index contributed by atoms with van der Waals surface area (Å²) in [6.45, 7) is 0. The largest absolute Gasteiger partial charge is 0.440 e. The Labute approximate surface area is 177 Å². The second kappa shape index (κ2) is 6.76. The number of nitrogens with two attached hydrogens (primary N) is 1. The molecule has 8 nitrogen and oxygen atoms in total. The van der Waals surface area contributed by atoms with Crippen molar-refractivity contribution in [3.8, 4) is 0 Å². The van der Waals surface area contributed by atoms with Crippen molar-refractivity contribution >= 4 is 38.6 Å². The highest BCUT2D eigenvalue weighted by atomic mass is 35.5. The lowest BCUT2D eigenvalue weighted by Crippen LogP contribution is -2.55. The first-order valence-corrected chi connectivity index (χ1v) is 11.5. The summed E-state index contributed by atoms with van der Waals surface area (Å²) in [5.41, 5.74) is 1.95. The topological polar surface area (TPSA) is 128 Å². The monoisotopic (exact) mass is 446 g/mol. The highest BCUT2D eigenvalue weighted by molar-refractivity contribution is 7.89. The van der Waals surface area contributed by atoms with E-state index in [9.17, 15) is 13.2 Å². The van der Waals surface area contributed by atoms with E-state index in [2.05, 4.69) is 15.3 Å². The molecule has 0 unspecified atom stereocenters. The first-order chi connectivity index (χ1) is 14.2. The van der Waals surface area contributed by atoms with Crippen LogP contribution in [-0.4, -0.2) is 30.3 Å². The molecule has 1 aromatic carbocycles. The zero-order chi connectivity index (χ0) is 21.1. The number of carbonyl (C=O) groups excluding carboxylic acids is 1. The van der Waals surface area contributed by atoms with Crippen LogP contribution in [-0.2, 0) is 10.0 Å². The number of primary sulfonamides is 1. The van der Waals surface area contributed by atoms with Gasteiger partial charge in [-0.1, -0.05) is 11.6 Å². The summed E-state index contributed by atoms with van der Waals surface area (Å²) < 4.78 is 28.7. The molecule has 2 fully saturated rings. The molecule has 0 bridgehead atoms. The molecule has 30 heavy (non-hydrogen) atoms. The summed E-state index contributed by atoms with van der Waals surface area (Å²) in [6, 6.07) is 8.14. The maximum atomic E-state index is 12.4. The summed E-state index contributed by atoms with van der Waals surface area (Å²) in [4.78, 5) is 20.7. The molecule has 2 aromatic heterocycles. The molecule has 0 atom stereocenters. The van der Waals surface area contributed by atoms with Crippen LogP contribution in [0.1, 0.15) is 47.8 Å². The molecule has 2 heterocycles. The summed E-state index contributed by atoms with van der Waals surface area (Å²) in [7, 11) is -3.95. The normalized spacial score (nSPS) is 25.7. The zero-order valence-corrected chi connectivity index (χ0v) is 17.4. The Morgan fingerprint density at radius 1 is 1.20 bits per heavy atom. The van der Waals surface area contributed by atoms with E-state index in [1.807, 2.05) is 6.07 Å². The number of aromatic nitrogens is 2. The molecular formula is C20H19ClN4O4S. The van der Waals surface area contributed by atoms with Crippen LogP contribution in [0.25, 0.3) is 11.1 Å². The molecular weight excluding hydrogens is 428 g/mol. The minimum Gasteiger partial charge on any atom is -0.440 e. The molecule has 2 saturated carbocycles. The van der Waals surface area contributed by atoms with Crippen LogP contribution in [0.4, 0.5) is 0 Å². The van der Waals surface area contributed by atoms with Gasteiger partial charge in [-0.05, 0) is 61.4 Å². The van der Waals surface area contributed by atoms with Gasteiger partial charge >= 0.3 is 0 Å². The van der Waals surface area contributed by atoms with E-state index in [0.29, 0.717) is 5.02 Å². The van der Waals surface area contributed by atoms with Crippen molar-refractivity contribution in [3.63, 3.8) is 0 Å². The van der Waals surface area contributed by atoms with Gasteiger partial charge in [0.15, 0.2) is 16.5 Å². The second-order valence-electron chi connectivity index (χ2n) is 8.28. The van der Waals surface area contributed by atoms with E-state index >= 15 is 0 Å². The lowest BCUT2D eigenvalue weighted by Gasteiger charge is -2.57. The molecule has 1 spiro atoms. The summed E-state index contributed by atoms with van der Waals surface area (Å²) in [5.74, 6) is 0.705. The maximum absolute atomic E-state index is 12.4. The number of nitrogens with zero attached hydrogens (tertiary/aromatic N) is 2. The molecule has 3 N–H and O–H groups in total. The summed E-state index contributed by atoms with van der Waals surface area (Å²) in [6.07, 6.45) is 4.99. The van der Waals surface area contributed by atoms with Gasteiger partial charge in [-0.3, -0.25) is 4.79 Å². The number of halogens is 1. The third-order valence-corrected chi connectivity index (χ3v) is 7.10. The average molecular weight is 447 g/mol. The van der Waals surface area contributed by atoms with E-state index in [1.165, 1.54) is 18.3 Å².